The second-order valence-electron chi connectivity index (χ2n) is 6.40. The van der Waals surface area contributed by atoms with Crippen LogP contribution in [0.3, 0.4) is 0 Å². The standard InChI is InChI=1S/C17H25N3O/c18-8-11-20(10-6-14-4-2-1-3-5-14)16(21)15-12-17(15)7-9-19-13-17/h1-5,15,19H,6-13,18H2. The number of nitrogens with one attached hydrogen (secondary N) is 1. The molecule has 1 aliphatic heterocycles. The number of nitrogens with two attached hydrogens (primary N) is 1. The molecular formula is C17H25N3O. The first-order valence-corrected chi connectivity index (χ1v) is 7.99. The van der Waals surface area contributed by atoms with Crippen LogP contribution in [0.1, 0.15) is 18.4 Å². The lowest BCUT2D eigenvalue weighted by atomic mass is 10.0. The zero-order valence-electron chi connectivity index (χ0n) is 12.6. The number of hydrogen-bond acceptors (Lipinski definition) is 3. The van der Waals surface area contributed by atoms with E-state index in [1.54, 1.807) is 0 Å². The molecule has 3 rings (SSSR count). The molecule has 0 radical (unpaired) electrons. The molecule has 1 aromatic rings. The summed E-state index contributed by atoms with van der Waals surface area (Å²) in [6, 6.07) is 10.3. The predicted molar refractivity (Wildman–Crippen MR) is 83.8 cm³/mol. The Hall–Kier alpha value is -1.39. The van der Waals surface area contributed by atoms with Gasteiger partial charge in [0.25, 0.3) is 0 Å². The fourth-order valence-electron chi connectivity index (χ4n) is 3.55. The third kappa shape index (κ3) is 3.11. The van der Waals surface area contributed by atoms with Crippen molar-refractivity contribution in [2.75, 3.05) is 32.7 Å². The second kappa shape index (κ2) is 6.16. The summed E-state index contributed by atoms with van der Waals surface area (Å²) in [6.07, 6.45) is 3.12. The normalized spacial score (nSPS) is 27.0. The number of amides is 1. The van der Waals surface area contributed by atoms with Crippen molar-refractivity contribution >= 4 is 5.91 Å². The third-order valence-corrected chi connectivity index (χ3v) is 4.99. The van der Waals surface area contributed by atoms with E-state index in [4.69, 9.17) is 5.73 Å². The van der Waals surface area contributed by atoms with Gasteiger partial charge in [0.15, 0.2) is 0 Å². The highest BCUT2D eigenvalue weighted by molar-refractivity contribution is 5.83. The molecule has 3 N–H and O–H groups in total. The summed E-state index contributed by atoms with van der Waals surface area (Å²) < 4.78 is 0. The quantitative estimate of drug-likeness (QED) is 0.821. The van der Waals surface area contributed by atoms with Gasteiger partial charge in [0.2, 0.25) is 5.91 Å². The minimum absolute atomic E-state index is 0.231. The Morgan fingerprint density at radius 1 is 1.33 bits per heavy atom. The fraction of sp³-hybridized carbons (Fsp3) is 0.588. The Balaban J connectivity index is 1.58. The monoisotopic (exact) mass is 287 g/mol. The molecule has 1 saturated heterocycles. The summed E-state index contributed by atoms with van der Waals surface area (Å²) >= 11 is 0. The van der Waals surface area contributed by atoms with Crippen molar-refractivity contribution < 1.29 is 4.79 Å². The second-order valence-corrected chi connectivity index (χ2v) is 6.40. The molecule has 1 aromatic carbocycles. The Morgan fingerprint density at radius 3 is 2.81 bits per heavy atom. The summed E-state index contributed by atoms with van der Waals surface area (Å²) in [4.78, 5) is 14.7. The Bertz CT molecular complexity index is 482. The first kappa shape index (κ1) is 14.5. The predicted octanol–water partition coefficient (Wildman–Crippen LogP) is 1.02. The molecule has 0 bridgehead atoms. The zero-order valence-corrected chi connectivity index (χ0v) is 12.6. The zero-order chi connectivity index (χ0) is 14.7. The summed E-state index contributed by atoms with van der Waals surface area (Å²) in [7, 11) is 0. The van der Waals surface area contributed by atoms with Crippen molar-refractivity contribution in [1.82, 2.24) is 10.2 Å². The Kier molecular flexibility index (Phi) is 4.27. The lowest BCUT2D eigenvalue weighted by Crippen LogP contribution is -2.39. The average molecular weight is 287 g/mol. The summed E-state index contributed by atoms with van der Waals surface area (Å²) in [6.45, 7) is 4.06. The van der Waals surface area contributed by atoms with Crippen LogP contribution in [0, 0.1) is 11.3 Å². The number of nitrogens with zero attached hydrogens (tertiary/aromatic N) is 1. The fourth-order valence-corrected chi connectivity index (χ4v) is 3.55. The van der Waals surface area contributed by atoms with Crippen LogP contribution in [0.4, 0.5) is 0 Å². The van der Waals surface area contributed by atoms with Crippen molar-refractivity contribution in [3.8, 4) is 0 Å². The number of hydrogen-bond donors (Lipinski definition) is 2. The van der Waals surface area contributed by atoms with Crippen molar-refractivity contribution in [3.05, 3.63) is 35.9 Å². The molecule has 2 unspecified atom stereocenters. The maximum absolute atomic E-state index is 12.7. The van der Waals surface area contributed by atoms with Crippen LogP contribution in [-0.4, -0.2) is 43.5 Å². The number of benzene rings is 1. The van der Waals surface area contributed by atoms with Crippen molar-refractivity contribution in [2.45, 2.75) is 19.3 Å². The highest BCUT2D eigenvalue weighted by Gasteiger charge is 2.59. The molecule has 2 aliphatic rings. The number of carbonyl (C=O) groups excluding carboxylic acids is 1. The highest BCUT2D eigenvalue weighted by Crippen LogP contribution is 2.57. The van der Waals surface area contributed by atoms with E-state index in [0.29, 0.717) is 19.0 Å². The van der Waals surface area contributed by atoms with Crippen molar-refractivity contribution in [1.29, 1.82) is 0 Å². The van der Waals surface area contributed by atoms with Crippen LogP contribution in [-0.2, 0) is 11.2 Å². The van der Waals surface area contributed by atoms with Crippen LogP contribution in [0.15, 0.2) is 30.3 Å². The van der Waals surface area contributed by atoms with Gasteiger partial charge in [-0.05, 0) is 36.8 Å². The Labute approximate surface area is 126 Å². The molecule has 4 heteroatoms. The molecule has 2 fully saturated rings. The van der Waals surface area contributed by atoms with E-state index in [1.807, 2.05) is 23.1 Å². The van der Waals surface area contributed by atoms with Gasteiger partial charge in [-0.2, -0.15) is 0 Å². The number of rotatable bonds is 6. The van der Waals surface area contributed by atoms with Crippen LogP contribution >= 0.6 is 0 Å². The van der Waals surface area contributed by atoms with Gasteiger partial charge in [-0.1, -0.05) is 30.3 Å². The van der Waals surface area contributed by atoms with Gasteiger partial charge in [-0.25, -0.2) is 0 Å². The van der Waals surface area contributed by atoms with E-state index in [1.165, 1.54) is 5.56 Å². The summed E-state index contributed by atoms with van der Waals surface area (Å²) in [5.41, 5.74) is 7.25. The van der Waals surface area contributed by atoms with E-state index in [2.05, 4.69) is 17.4 Å². The van der Waals surface area contributed by atoms with Gasteiger partial charge < -0.3 is 16.0 Å². The average Bonchev–Trinajstić information content (AvgIpc) is 3.01. The molecule has 1 spiro atoms. The molecule has 114 valence electrons. The van der Waals surface area contributed by atoms with Crippen LogP contribution in [0.25, 0.3) is 0 Å². The van der Waals surface area contributed by atoms with Gasteiger partial charge >= 0.3 is 0 Å². The van der Waals surface area contributed by atoms with E-state index >= 15 is 0 Å². The first-order chi connectivity index (χ1) is 10.2. The van der Waals surface area contributed by atoms with E-state index in [9.17, 15) is 4.79 Å². The van der Waals surface area contributed by atoms with Gasteiger partial charge in [-0.3, -0.25) is 4.79 Å². The summed E-state index contributed by atoms with van der Waals surface area (Å²) in [5, 5.41) is 3.39. The van der Waals surface area contributed by atoms with Gasteiger partial charge in [-0.15, -0.1) is 0 Å². The molecular weight excluding hydrogens is 262 g/mol. The van der Waals surface area contributed by atoms with Crippen LogP contribution in [0.2, 0.25) is 0 Å². The number of carbonyl (C=O) groups is 1. The minimum Gasteiger partial charge on any atom is -0.341 e. The highest BCUT2D eigenvalue weighted by atomic mass is 16.2. The van der Waals surface area contributed by atoms with Gasteiger partial charge in [0.05, 0.1) is 0 Å². The lowest BCUT2D eigenvalue weighted by molar-refractivity contribution is -0.133. The van der Waals surface area contributed by atoms with E-state index < -0.39 is 0 Å². The van der Waals surface area contributed by atoms with E-state index in [0.717, 1.165) is 38.9 Å². The molecule has 0 aromatic heterocycles. The van der Waals surface area contributed by atoms with Crippen molar-refractivity contribution in [3.63, 3.8) is 0 Å². The van der Waals surface area contributed by atoms with Crippen molar-refractivity contribution in [2.24, 2.45) is 17.1 Å². The minimum atomic E-state index is 0.231. The van der Waals surface area contributed by atoms with Gasteiger partial charge in [0.1, 0.15) is 0 Å². The summed E-state index contributed by atoms with van der Waals surface area (Å²) in [5.74, 6) is 0.551. The molecule has 1 amide bonds. The van der Waals surface area contributed by atoms with Crippen LogP contribution < -0.4 is 11.1 Å². The largest absolute Gasteiger partial charge is 0.341 e. The molecule has 1 heterocycles. The maximum Gasteiger partial charge on any atom is 0.226 e. The lowest BCUT2D eigenvalue weighted by Gasteiger charge is -2.23. The Morgan fingerprint density at radius 2 is 2.14 bits per heavy atom. The van der Waals surface area contributed by atoms with Crippen LogP contribution in [0.5, 0.6) is 0 Å². The molecule has 1 saturated carbocycles. The SMILES string of the molecule is NCCN(CCc1ccccc1)C(=O)C1CC12CCNC2. The first-order valence-electron chi connectivity index (χ1n) is 7.99. The topological polar surface area (TPSA) is 58.4 Å². The molecule has 21 heavy (non-hydrogen) atoms. The smallest absolute Gasteiger partial charge is 0.226 e. The molecule has 1 aliphatic carbocycles. The molecule has 2 atom stereocenters. The maximum atomic E-state index is 12.7. The van der Waals surface area contributed by atoms with Gasteiger partial charge in [0, 0.05) is 32.1 Å². The third-order valence-electron chi connectivity index (χ3n) is 4.99. The molecule has 4 nitrogen and oxygen atoms in total. The van der Waals surface area contributed by atoms with E-state index in [-0.39, 0.29) is 11.3 Å².